The summed E-state index contributed by atoms with van der Waals surface area (Å²) in [4.78, 5) is 23.5. The van der Waals surface area contributed by atoms with E-state index in [0.717, 1.165) is 22.9 Å². The van der Waals surface area contributed by atoms with Gasteiger partial charge in [0.25, 0.3) is 5.56 Å². The Bertz CT molecular complexity index is 584. The minimum Gasteiger partial charge on any atom is -0.364 e. The van der Waals surface area contributed by atoms with Crippen molar-refractivity contribution < 1.29 is 0 Å². The van der Waals surface area contributed by atoms with E-state index in [0.29, 0.717) is 5.92 Å². The summed E-state index contributed by atoms with van der Waals surface area (Å²) in [6.45, 7) is 0.801. The van der Waals surface area contributed by atoms with Crippen LogP contribution >= 0.6 is 0 Å². The fraction of sp³-hybridized carbons (Fsp3) is 0.769. The summed E-state index contributed by atoms with van der Waals surface area (Å²) in [6.07, 6.45) is 5.28. The summed E-state index contributed by atoms with van der Waals surface area (Å²) in [5.74, 6) is 2.62. The van der Waals surface area contributed by atoms with Gasteiger partial charge in [0.15, 0.2) is 0 Å². The van der Waals surface area contributed by atoms with Gasteiger partial charge in [-0.2, -0.15) is 0 Å². The third-order valence-corrected chi connectivity index (χ3v) is 4.28. The smallest absolute Gasteiger partial charge is 0.346 e. The molecule has 104 valence electrons. The van der Waals surface area contributed by atoms with E-state index in [1.165, 1.54) is 37.4 Å². The van der Waals surface area contributed by atoms with E-state index in [1.807, 2.05) is 0 Å². The summed E-state index contributed by atoms with van der Waals surface area (Å²) in [5, 5.41) is 7.18. The van der Waals surface area contributed by atoms with Crippen molar-refractivity contribution in [2.75, 3.05) is 11.9 Å². The van der Waals surface area contributed by atoms with Crippen molar-refractivity contribution in [3.63, 3.8) is 0 Å². The molecular formula is C13H20N4O2. The van der Waals surface area contributed by atoms with Crippen molar-refractivity contribution in [1.29, 1.82) is 0 Å². The Kier molecular flexibility index (Phi) is 2.95. The Balaban J connectivity index is 1.76. The second-order valence-electron chi connectivity index (χ2n) is 5.84. The average molecular weight is 264 g/mol. The number of nitrogens with one attached hydrogen (secondary N) is 1. The van der Waals surface area contributed by atoms with Gasteiger partial charge in [0.2, 0.25) is 5.82 Å². The van der Waals surface area contributed by atoms with Crippen LogP contribution in [0.3, 0.4) is 0 Å². The van der Waals surface area contributed by atoms with E-state index in [4.69, 9.17) is 0 Å². The highest BCUT2D eigenvalue weighted by molar-refractivity contribution is 5.29. The molecule has 0 amide bonds. The highest BCUT2D eigenvalue weighted by Crippen LogP contribution is 2.49. The predicted octanol–water partition coefficient (Wildman–Crippen LogP) is 0.327. The number of anilines is 1. The molecule has 3 rings (SSSR count). The molecule has 2 aliphatic rings. The highest BCUT2D eigenvalue weighted by Gasteiger charge is 2.41. The molecule has 0 aromatic carbocycles. The second kappa shape index (κ2) is 4.51. The molecule has 1 N–H and O–H groups in total. The standard InChI is InChI=1S/C13H20N4O2/c1-16-12(18)11(15-17(2)13(16)19)14-7-10(8-3-4-8)9-5-6-9/h8-10H,3-7H2,1-2H3,(H,14,15). The van der Waals surface area contributed by atoms with Gasteiger partial charge in [-0.05, 0) is 43.4 Å². The van der Waals surface area contributed by atoms with Crippen LogP contribution in [0.25, 0.3) is 0 Å². The number of aryl methyl sites for hydroxylation is 1. The van der Waals surface area contributed by atoms with E-state index >= 15 is 0 Å². The van der Waals surface area contributed by atoms with Gasteiger partial charge in [0.05, 0.1) is 0 Å². The van der Waals surface area contributed by atoms with Gasteiger partial charge < -0.3 is 5.32 Å². The van der Waals surface area contributed by atoms with Gasteiger partial charge in [-0.15, -0.1) is 5.10 Å². The van der Waals surface area contributed by atoms with Crippen molar-refractivity contribution in [1.82, 2.24) is 14.3 Å². The molecule has 0 saturated heterocycles. The SMILES string of the molecule is Cn1nc(NCC(C2CC2)C2CC2)c(=O)n(C)c1=O. The van der Waals surface area contributed by atoms with E-state index in [1.54, 1.807) is 7.05 Å². The number of rotatable bonds is 5. The lowest BCUT2D eigenvalue weighted by Gasteiger charge is -2.16. The first kappa shape index (κ1) is 12.4. The molecule has 0 unspecified atom stereocenters. The maximum Gasteiger partial charge on any atom is 0.346 e. The van der Waals surface area contributed by atoms with Gasteiger partial charge in [-0.25, -0.2) is 9.48 Å². The van der Waals surface area contributed by atoms with Crippen molar-refractivity contribution in [2.45, 2.75) is 25.7 Å². The molecule has 19 heavy (non-hydrogen) atoms. The zero-order chi connectivity index (χ0) is 13.6. The Hall–Kier alpha value is -1.59. The van der Waals surface area contributed by atoms with Crippen LogP contribution in [0.2, 0.25) is 0 Å². The lowest BCUT2D eigenvalue weighted by molar-refractivity contribution is 0.426. The third kappa shape index (κ3) is 2.43. The number of hydrogen-bond donors (Lipinski definition) is 1. The monoisotopic (exact) mass is 264 g/mol. The fourth-order valence-corrected chi connectivity index (χ4v) is 2.79. The topological polar surface area (TPSA) is 68.9 Å². The maximum absolute atomic E-state index is 11.9. The van der Waals surface area contributed by atoms with E-state index in [-0.39, 0.29) is 11.4 Å². The lowest BCUT2D eigenvalue weighted by Crippen LogP contribution is -2.40. The third-order valence-electron chi connectivity index (χ3n) is 4.28. The van der Waals surface area contributed by atoms with Crippen LogP contribution in [0.5, 0.6) is 0 Å². The van der Waals surface area contributed by atoms with Crippen LogP contribution in [-0.4, -0.2) is 20.9 Å². The van der Waals surface area contributed by atoms with Gasteiger partial charge in [0.1, 0.15) is 0 Å². The first-order valence-corrected chi connectivity index (χ1v) is 6.96. The maximum atomic E-state index is 11.9. The molecule has 0 spiro atoms. The summed E-state index contributed by atoms with van der Waals surface area (Å²) in [5.41, 5.74) is -0.732. The highest BCUT2D eigenvalue weighted by atomic mass is 16.2. The number of nitrogens with zero attached hydrogens (tertiary/aromatic N) is 3. The Morgan fingerprint density at radius 2 is 1.79 bits per heavy atom. The van der Waals surface area contributed by atoms with Crippen molar-refractivity contribution >= 4 is 5.82 Å². The van der Waals surface area contributed by atoms with Gasteiger partial charge in [0, 0.05) is 20.6 Å². The minimum atomic E-state index is -0.392. The summed E-state index contributed by atoms with van der Waals surface area (Å²) < 4.78 is 2.30. The van der Waals surface area contributed by atoms with Crippen molar-refractivity contribution in [3.8, 4) is 0 Å². The number of hydrogen-bond acceptors (Lipinski definition) is 4. The quantitative estimate of drug-likeness (QED) is 0.832. The number of aromatic nitrogens is 3. The van der Waals surface area contributed by atoms with Gasteiger partial charge in [-0.1, -0.05) is 0 Å². The molecule has 6 nitrogen and oxygen atoms in total. The lowest BCUT2D eigenvalue weighted by atomic mass is 9.98. The van der Waals surface area contributed by atoms with E-state index in [2.05, 4.69) is 10.4 Å². The van der Waals surface area contributed by atoms with Crippen LogP contribution in [0.15, 0.2) is 9.59 Å². The molecule has 1 aromatic heterocycles. The van der Waals surface area contributed by atoms with Gasteiger partial charge in [-0.3, -0.25) is 9.36 Å². The molecule has 1 heterocycles. The average Bonchev–Trinajstić information content (AvgIpc) is 3.25. The summed E-state index contributed by atoms with van der Waals surface area (Å²) >= 11 is 0. The first-order valence-electron chi connectivity index (χ1n) is 6.96. The van der Waals surface area contributed by atoms with Gasteiger partial charge >= 0.3 is 5.69 Å². The predicted molar refractivity (Wildman–Crippen MR) is 72.1 cm³/mol. The molecule has 6 heteroatoms. The van der Waals surface area contributed by atoms with Crippen LogP contribution in [0.4, 0.5) is 5.82 Å². The molecule has 2 fully saturated rings. The Labute approximate surface area is 111 Å². The first-order chi connectivity index (χ1) is 9.08. The zero-order valence-corrected chi connectivity index (χ0v) is 11.4. The van der Waals surface area contributed by atoms with E-state index < -0.39 is 5.69 Å². The van der Waals surface area contributed by atoms with Crippen molar-refractivity contribution in [2.24, 2.45) is 31.8 Å². The largest absolute Gasteiger partial charge is 0.364 e. The molecule has 0 atom stereocenters. The van der Waals surface area contributed by atoms with Crippen LogP contribution in [0.1, 0.15) is 25.7 Å². The fourth-order valence-electron chi connectivity index (χ4n) is 2.79. The van der Waals surface area contributed by atoms with E-state index in [9.17, 15) is 9.59 Å². The Morgan fingerprint density at radius 3 is 2.32 bits per heavy atom. The molecule has 0 bridgehead atoms. The molecule has 2 saturated carbocycles. The van der Waals surface area contributed by atoms with Crippen molar-refractivity contribution in [3.05, 3.63) is 20.8 Å². The molecule has 2 aliphatic carbocycles. The van der Waals surface area contributed by atoms with Crippen LogP contribution < -0.4 is 16.6 Å². The minimum absolute atomic E-state index is 0.288. The zero-order valence-electron chi connectivity index (χ0n) is 11.4. The molecule has 1 aromatic rings. The van der Waals surface area contributed by atoms with Crippen LogP contribution in [0, 0.1) is 17.8 Å². The molecule has 0 aliphatic heterocycles. The summed E-state index contributed by atoms with van der Waals surface area (Å²) in [7, 11) is 3.04. The van der Waals surface area contributed by atoms with Crippen LogP contribution in [-0.2, 0) is 14.1 Å². The molecule has 0 radical (unpaired) electrons. The second-order valence-corrected chi connectivity index (χ2v) is 5.84. The summed E-state index contributed by atoms with van der Waals surface area (Å²) in [6, 6.07) is 0. The molecular weight excluding hydrogens is 244 g/mol. The Morgan fingerprint density at radius 1 is 1.21 bits per heavy atom. The normalized spacial score (nSPS) is 18.9.